The van der Waals surface area contributed by atoms with Gasteiger partial charge in [0, 0.05) is 45.2 Å². The number of aliphatic hydroxyl groups excluding tert-OH is 3. The zero-order chi connectivity index (χ0) is 24.3. The van der Waals surface area contributed by atoms with E-state index in [2.05, 4.69) is 28.1 Å². The maximum absolute atomic E-state index is 10.5. The molecule has 2 aromatic carbocycles. The molecule has 4 rings (SSSR count). The lowest BCUT2D eigenvalue weighted by Gasteiger charge is -2.37. The van der Waals surface area contributed by atoms with E-state index in [-0.39, 0.29) is 38.1 Å². The van der Waals surface area contributed by atoms with Crippen LogP contribution in [0.5, 0.6) is 5.75 Å². The Morgan fingerprint density at radius 1 is 0.971 bits per heavy atom. The normalized spacial score (nSPS) is 19.1. The average Bonchev–Trinajstić information content (AvgIpc) is 2.87. The largest absolute Gasteiger partial charge is 0.491 e. The fourth-order valence-electron chi connectivity index (χ4n) is 4.42. The van der Waals surface area contributed by atoms with Crippen molar-refractivity contribution in [3.05, 3.63) is 60.9 Å². The Kier molecular flexibility index (Phi) is 9.78. The molecule has 3 atom stereocenters. The molecule has 1 aliphatic rings. The number of piperidine rings is 1. The van der Waals surface area contributed by atoms with E-state index in [1.54, 1.807) is 12.4 Å². The number of pyridine rings is 1. The summed E-state index contributed by atoms with van der Waals surface area (Å²) in [5, 5.41) is 38.6. The molecule has 0 saturated carbocycles. The van der Waals surface area contributed by atoms with Crippen molar-refractivity contribution in [1.82, 2.24) is 9.88 Å². The second-order valence-electron chi connectivity index (χ2n) is 8.58. The molecule has 8 nitrogen and oxygen atoms in total. The van der Waals surface area contributed by atoms with Crippen molar-refractivity contribution in [3.8, 4) is 16.9 Å². The summed E-state index contributed by atoms with van der Waals surface area (Å²) < 4.78 is 5.88. The number of hydrogen-bond donors (Lipinski definition) is 4. The molecule has 1 saturated heterocycles. The van der Waals surface area contributed by atoms with Crippen LogP contribution in [-0.2, 0) is 4.79 Å². The van der Waals surface area contributed by atoms with Crippen LogP contribution in [-0.4, -0.2) is 82.3 Å². The molecule has 34 heavy (non-hydrogen) atoms. The summed E-state index contributed by atoms with van der Waals surface area (Å²) in [6, 6.07) is 16.2. The van der Waals surface area contributed by atoms with Crippen LogP contribution in [0.25, 0.3) is 21.9 Å². The molecule has 0 bridgehead atoms. The van der Waals surface area contributed by atoms with Crippen molar-refractivity contribution < 1.29 is 30.0 Å². The molecular formula is C26H32N2O6. The summed E-state index contributed by atoms with van der Waals surface area (Å²) >= 11 is 0. The Balaban J connectivity index is 0.00000103. The molecule has 0 radical (unpaired) electrons. The minimum absolute atomic E-state index is 0.109. The van der Waals surface area contributed by atoms with Gasteiger partial charge in [0.1, 0.15) is 18.5 Å². The molecule has 0 amide bonds. The molecule has 4 N–H and O–H groups in total. The Morgan fingerprint density at radius 2 is 1.62 bits per heavy atom. The lowest BCUT2D eigenvalue weighted by atomic mass is 9.90. The van der Waals surface area contributed by atoms with Crippen molar-refractivity contribution >= 4 is 17.2 Å². The van der Waals surface area contributed by atoms with E-state index in [9.17, 15) is 15.3 Å². The quantitative estimate of drug-likeness (QED) is 0.371. The second kappa shape index (κ2) is 13.0. The van der Waals surface area contributed by atoms with Crippen molar-refractivity contribution in [3.63, 3.8) is 0 Å². The topological polar surface area (TPSA) is 123 Å². The first-order chi connectivity index (χ1) is 16.6. The predicted octanol–water partition coefficient (Wildman–Crippen LogP) is 2.27. The van der Waals surface area contributed by atoms with E-state index in [1.807, 2.05) is 30.3 Å². The standard InChI is InChI=1S/C25H30N2O4.CH2O2/c28-15-18-9-19(16-29)13-27(12-18)14-24(30)17-31-25-4-3-20-1-2-22(10-23(20)11-25)21-5-7-26-8-6-21;2-1-3/h1-8,10-11,18-19,24,28-30H,9,12-17H2;1H,(H,2,3)/t18-,19+,24?;. The van der Waals surface area contributed by atoms with Gasteiger partial charge >= 0.3 is 0 Å². The van der Waals surface area contributed by atoms with E-state index in [0.29, 0.717) is 6.54 Å². The smallest absolute Gasteiger partial charge is 0.290 e. The van der Waals surface area contributed by atoms with Crippen LogP contribution in [0.2, 0.25) is 0 Å². The fourth-order valence-corrected chi connectivity index (χ4v) is 4.42. The number of aromatic nitrogens is 1. The third-order valence-corrected chi connectivity index (χ3v) is 5.95. The van der Waals surface area contributed by atoms with Crippen molar-refractivity contribution in [1.29, 1.82) is 0 Å². The number of likely N-dealkylation sites (tertiary alicyclic amines) is 1. The summed E-state index contributed by atoms with van der Waals surface area (Å²) in [6.45, 7) is 2.10. The molecule has 1 unspecified atom stereocenters. The Morgan fingerprint density at radius 3 is 2.26 bits per heavy atom. The molecule has 0 spiro atoms. The summed E-state index contributed by atoms with van der Waals surface area (Å²) in [5.74, 6) is 1.02. The molecule has 2 heterocycles. The number of fused-ring (bicyclic) bond motifs is 1. The average molecular weight is 469 g/mol. The van der Waals surface area contributed by atoms with Crippen LogP contribution in [0, 0.1) is 11.8 Å². The first-order valence-electron chi connectivity index (χ1n) is 11.3. The minimum atomic E-state index is -0.643. The fraction of sp³-hybridized carbons (Fsp3) is 0.385. The van der Waals surface area contributed by atoms with Gasteiger partial charge in [-0.1, -0.05) is 18.2 Å². The van der Waals surface area contributed by atoms with Gasteiger partial charge in [-0.2, -0.15) is 0 Å². The molecule has 182 valence electrons. The minimum Gasteiger partial charge on any atom is -0.491 e. The maximum Gasteiger partial charge on any atom is 0.290 e. The SMILES string of the molecule is O=CO.OC[C@@H]1C[C@H](CO)CN(CC(O)COc2ccc3ccc(-c4ccncc4)cc3c2)C1. The third-order valence-electron chi connectivity index (χ3n) is 5.95. The monoisotopic (exact) mass is 468 g/mol. The number of rotatable bonds is 8. The van der Waals surface area contributed by atoms with Crippen LogP contribution in [0.4, 0.5) is 0 Å². The highest BCUT2D eigenvalue weighted by Crippen LogP contribution is 2.27. The number of benzene rings is 2. The van der Waals surface area contributed by atoms with Gasteiger partial charge in [0.25, 0.3) is 6.47 Å². The van der Waals surface area contributed by atoms with Gasteiger partial charge < -0.3 is 25.2 Å². The second-order valence-corrected chi connectivity index (χ2v) is 8.58. The number of aliphatic hydroxyl groups is 3. The first-order valence-corrected chi connectivity index (χ1v) is 11.3. The molecule has 3 aromatic rings. The van der Waals surface area contributed by atoms with Gasteiger partial charge in [-0.3, -0.25) is 14.7 Å². The summed E-state index contributed by atoms with van der Waals surface area (Å²) in [6.07, 6.45) is 3.76. The molecule has 1 fully saturated rings. The van der Waals surface area contributed by atoms with Crippen LogP contribution in [0.1, 0.15) is 6.42 Å². The van der Waals surface area contributed by atoms with E-state index in [1.165, 1.54) is 0 Å². The highest BCUT2D eigenvalue weighted by Gasteiger charge is 2.27. The first kappa shape index (κ1) is 25.6. The number of nitrogens with zero attached hydrogens (tertiary/aromatic N) is 2. The summed E-state index contributed by atoms with van der Waals surface area (Å²) in [7, 11) is 0. The molecule has 1 aliphatic heterocycles. The van der Waals surface area contributed by atoms with Crippen molar-refractivity contribution in [2.45, 2.75) is 12.5 Å². The van der Waals surface area contributed by atoms with Crippen LogP contribution in [0.15, 0.2) is 60.9 Å². The highest BCUT2D eigenvalue weighted by atomic mass is 16.5. The Labute approximate surface area is 199 Å². The van der Waals surface area contributed by atoms with E-state index >= 15 is 0 Å². The van der Waals surface area contributed by atoms with E-state index in [4.69, 9.17) is 14.6 Å². The van der Waals surface area contributed by atoms with Gasteiger partial charge in [-0.15, -0.1) is 0 Å². The van der Waals surface area contributed by atoms with Gasteiger partial charge in [0.05, 0.1) is 0 Å². The molecular weight excluding hydrogens is 436 g/mol. The molecule has 1 aromatic heterocycles. The summed E-state index contributed by atoms with van der Waals surface area (Å²) in [4.78, 5) is 14.5. The summed E-state index contributed by atoms with van der Waals surface area (Å²) in [5.41, 5.74) is 2.23. The van der Waals surface area contributed by atoms with Gasteiger partial charge in [0.2, 0.25) is 0 Å². The van der Waals surface area contributed by atoms with E-state index < -0.39 is 6.10 Å². The molecule has 8 heteroatoms. The van der Waals surface area contributed by atoms with Gasteiger partial charge in [0.15, 0.2) is 0 Å². The highest BCUT2D eigenvalue weighted by molar-refractivity contribution is 5.88. The predicted molar refractivity (Wildman–Crippen MR) is 130 cm³/mol. The third kappa shape index (κ3) is 7.23. The lowest BCUT2D eigenvalue weighted by Crippen LogP contribution is -2.46. The van der Waals surface area contributed by atoms with Crippen LogP contribution >= 0.6 is 0 Å². The zero-order valence-electron chi connectivity index (χ0n) is 19.0. The maximum atomic E-state index is 10.5. The number of ether oxygens (including phenoxy) is 1. The Bertz CT molecular complexity index is 1020. The van der Waals surface area contributed by atoms with Crippen LogP contribution in [0.3, 0.4) is 0 Å². The number of carboxylic acid groups (broad SMARTS) is 1. The zero-order valence-corrected chi connectivity index (χ0v) is 19.0. The Hall–Kier alpha value is -3.04. The van der Waals surface area contributed by atoms with Crippen molar-refractivity contribution in [2.24, 2.45) is 11.8 Å². The van der Waals surface area contributed by atoms with Crippen molar-refractivity contribution in [2.75, 3.05) is 39.5 Å². The van der Waals surface area contributed by atoms with Gasteiger partial charge in [-0.25, -0.2) is 0 Å². The molecule has 0 aliphatic carbocycles. The van der Waals surface area contributed by atoms with Gasteiger partial charge in [-0.05, 0) is 70.5 Å². The van der Waals surface area contributed by atoms with Crippen LogP contribution < -0.4 is 4.74 Å². The lowest BCUT2D eigenvalue weighted by molar-refractivity contribution is -0.122. The van der Waals surface area contributed by atoms with E-state index in [0.717, 1.165) is 47.2 Å². The number of hydrogen-bond acceptors (Lipinski definition) is 7. The number of β-amino-alcohol motifs (C(OH)–C–C–N with tert-alkyl or cyclic N) is 1. The number of carbonyl (C=O) groups is 1.